The van der Waals surface area contributed by atoms with Gasteiger partial charge in [-0.15, -0.1) is 0 Å². The number of halogens is 1. The van der Waals surface area contributed by atoms with Crippen molar-refractivity contribution < 1.29 is 18.7 Å². The van der Waals surface area contributed by atoms with E-state index >= 15 is 0 Å². The summed E-state index contributed by atoms with van der Waals surface area (Å²) in [6.45, 7) is 8.03. The molecule has 1 N–H and O–H groups in total. The van der Waals surface area contributed by atoms with Gasteiger partial charge >= 0.3 is 6.09 Å². The first-order valence-electron chi connectivity index (χ1n) is 5.73. The van der Waals surface area contributed by atoms with Crippen LogP contribution in [0.3, 0.4) is 0 Å². The van der Waals surface area contributed by atoms with Crippen molar-refractivity contribution in [2.45, 2.75) is 40.7 Å². The molecule has 5 heteroatoms. The molecule has 0 aromatic rings. The Bertz CT molecular complexity index is 271. The number of alkyl halides is 1. The Morgan fingerprint density at radius 3 is 2.18 bits per heavy atom. The number of rotatable bonds is 5. The average molecular weight is 247 g/mol. The van der Waals surface area contributed by atoms with E-state index in [0.29, 0.717) is 0 Å². The van der Waals surface area contributed by atoms with Crippen LogP contribution in [0.5, 0.6) is 0 Å². The van der Waals surface area contributed by atoms with Crippen molar-refractivity contribution in [1.29, 1.82) is 0 Å². The molecule has 1 amide bonds. The van der Waals surface area contributed by atoms with Crippen molar-refractivity contribution >= 4 is 11.9 Å². The van der Waals surface area contributed by atoms with Crippen LogP contribution >= 0.6 is 0 Å². The maximum absolute atomic E-state index is 12.1. The molecular weight excluding hydrogens is 225 g/mol. The van der Waals surface area contributed by atoms with Crippen LogP contribution in [0, 0.1) is 11.3 Å². The summed E-state index contributed by atoms with van der Waals surface area (Å²) in [6, 6.07) is -0.609. The summed E-state index contributed by atoms with van der Waals surface area (Å²) in [5, 5.41) is 2.48. The minimum atomic E-state index is -0.751. The molecule has 0 aromatic heterocycles. The number of ether oxygens (including phenoxy) is 1. The Morgan fingerprint density at radius 2 is 1.82 bits per heavy atom. The van der Waals surface area contributed by atoms with Gasteiger partial charge in [0.2, 0.25) is 0 Å². The topological polar surface area (TPSA) is 55.4 Å². The van der Waals surface area contributed by atoms with Gasteiger partial charge in [-0.1, -0.05) is 34.6 Å². The molecule has 0 heterocycles. The zero-order chi connectivity index (χ0) is 13.6. The highest BCUT2D eigenvalue weighted by Crippen LogP contribution is 2.20. The van der Waals surface area contributed by atoms with Crippen molar-refractivity contribution in [3.8, 4) is 0 Å². The van der Waals surface area contributed by atoms with Crippen LogP contribution in [0.4, 0.5) is 9.18 Å². The third-order valence-electron chi connectivity index (χ3n) is 2.27. The molecule has 100 valence electrons. The predicted octanol–water partition coefficient (Wildman–Crippen LogP) is 2.32. The third-order valence-corrected chi connectivity index (χ3v) is 2.27. The van der Waals surface area contributed by atoms with Crippen molar-refractivity contribution in [1.82, 2.24) is 5.32 Å². The lowest BCUT2D eigenvalue weighted by molar-refractivity contribution is -0.129. The molecule has 0 aromatic carbocycles. The van der Waals surface area contributed by atoms with Gasteiger partial charge in [0.25, 0.3) is 0 Å². The maximum atomic E-state index is 12.1. The number of Topliss-reactive ketones (excluding diaryl/α,β-unsaturated/α-hetero) is 1. The molecule has 0 bridgehead atoms. The number of amides is 1. The summed E-state index contributed by atoms with van der Waals surface area (Å²) >= 11 is 0. The highest BCUT2D eigenvalue weighted by atomic mass is 19.1. The molecule has 0 radical (unpaired) electrons. The number of carbonyl (C=O) groups excluding carboxylic acids is 2. The van der Waals surface area contributed by atoms with Crippen LogP contribution in [0.2, 0.25) is 0 Å². The molecule has 0 spiro atoms. The first-order chi connectivity index (χ1) is 7.70. The van der Waals surface area contributed by atoms with Crippen LogP contribution < -0.4 is 5.32 Å². The van der Waals surface area contributed by atoms with Gasteiger partial charge in [0.1, 0.15) is 13.3 Å². The molecule has 4 nitrogen and oxygen atoms in total. The van der Waals surface area contributed by atoms with Gasteiger partial charge < -0.3 is 10.1 Å². The van der Waals surface area contributed by atoms with Gasteiger partial charge in [0, 0.05) is 5.41 Å². The normalized spacial score (nSPS) is 13.4. The predicted molar refractivity (Wildman–Crippen MR) is 63.5 cm³/mol. The van der Waals surface area contributed by atoms with Crippen molar-refractivity contribution in [2.24, 2.45) is 11.3 Å². The lowest BCUT2D eigenvalue weighted by Gasteiger charge is -2.27. The minimum absolute atomic E-state index is 0.0420. The second-order valence-electron chi connectivity index (χ2n) is 5.31. The molecule has 1 atom stereocenters. The Hall–Kier alpha value is -1.13. The SMILES string of the molecule is CC(C)C(NC(=O)OCCF)C(=O)C(C)(C)C. The minimum Gasteiger partial charge on any atom is -0.447 e. The van der Waals surface area contributed by atoms with Crippen molar-refractivity contribution in [3.63, 3.8) is 0 Å². The molecule has 0 aliphatic rings. The van der Waals surface area contributed by atoms with E-state index in [9.17, 15) is 14.0 Å². The van der Waals surface area contributed by atoms with E-state index in [1.165, 1.54) is 0 Å². The van der Waals surface area contributed by atoms with Crippen molar-refractivity contribution in [3.05, 3.63) is 0 Å². The van der Waals surface area contributed by atoms with Crippen LogP contribution in [-0.2, 0) is 9.53 Å². The average Bonchev–Trinajstić information content (AvgIpc) is 2.20. The highest BCUT2D eigenvalue weighted by molar-refractivity contribution is 5.91. The smallest absolute Gasteiger partial charge is 0.407 e. The molecule has 0 aliphatic heterocycles. The molecule has 0 fully saturated rings. The van der Waals surface area contributed by atoms with E-state index in [2.05, 4.69) is 10.1 Å². The number of alkyl carbamates (subject to hydrolysis) is 1. The molecule has 17 heavy (non-hydrogen) atoms. The lowest BCUT2D eigenvalue weighted by atomic mass is 9.82. The van der Waals surface area contributed by atoms with Crippen molar-refractivity contribution in [2.75, 3.05) is 13.3 Å². The zero-order valence-corrected chi connectivity index (χ0v) is 11.2. The fourth-order valence-electron chi connectivity index (χ4n) is 1.30. The number of ketones is 1. The number of hydrogen-bond acceptors (Lipinski definition) is 3. The number of carbonyl (C=O) groups is 2. The van der Waals surface area contributed by atoms with Gasteiger partial charge in [0.05, 0.1) is 6.04 Å². The molecular formula is C12H22FNO3. The van der Waals surface area contributed by atoms with Crippen LogP contribution in [0.1, 0.15) is 34.6 Å². The maximum Gasteiger partial charge on any atom is 0.407 e. The molecule has 1 unspecified atom stereocenters. The van der Waals surface area contributed by atoms with E-state index in [1.807, 2.05) is 13.8 Å². The zero-order valence-electron chi connectivity index (χ0n) is 11.2. The number of nitrogens with one attached hydrogen (secondary N) is 1. The van der Waals surface area contributed by atoms with Gasteiger partial charge in [0.15, 0.2) is 5.78 Å². The molecule has 0 saturated heterocycles. The van der Waals surface area contributed by atoms with Crippen LogP contribution in [0.15, 0.2) is 0 Å². The van der Waals surface area contributed by atoms with E-state index in [4.69, 9.17) is 0 Å². The summed E-state index contributed by atoms with van der Waals surface area (Å²) in [5.74, 6) is -0.107. The summed E-state index contributed by atoms with van der Waals surface area (Å²) in [6.07, 6.45) is -0.751. The number of hydrogen-bond donors (Lipinski definition) is 1. The first-order valence-corrected chi connectivity index (χ1v) is 5.73. The Kier molecular flexibility index (Phi) is 6.13. The van der Waals surface area contributed by atoms with Gasteiger partial charge in [-0.05, 0) is 5.92 Å². The Morgan fingerprint density at radius 1 is 1.29 bits per heavy atom. The highest BCUT2D eigenvalue weighted by Gasteiger charge is 2.32. The fraction of sp³-hybridized carbons (Fsp3) is 0.833. The summed E-state index contributed by atoms with van der Waals surface area (Å²) in [7, 11) is 0. The third kappa shape index (κ3) is 5.65. The van der Waals surface area contributed by atoms with Crippen LogP contribution in [-0.4, -0.2) is 31.2 Å². The van der Waals surface area contributed by atoms with E-state index in [1.54, 1.807) is 20.8 Å². The van der Waals surface area contributed by atoms with Crippen LogP contribution in [0.25, 0.3) is 0 Å². The second-order valence-corrected chi connectivity index (χ2v) is 5.31. The largest absolute Gasteiger partial charge is 0.447 e. The molecule has 0 rings (SSSR count). The monoisotopic (exact) mass is 247 g/mol. The molecule has 0 saturated carbocycles. The fourth-order valence-corrected chi connectivity index (χ4v) is 1.30. The van der Waals surface area contributed by atoms with Gasteiger partial charge in [-0.2, -0.15) is 0 Å². The van der Waals surface area contributed by atoms with E-state index in [-0.39, 0.29) is 18.3 Å². The molecule has 0 aliphatic carbocycles. The Balaban J connectivity index is 4.56. The standard InChI is InChI=1S/C12H22FNO3/c1-8(2)9(10(15)12(3,4)5)14-11(16)17-7-6-13/h8-9H,6-7H2,1-5H3,(H,14,16). The van der Waals surface area contributed by atoms with Gasteiger partial charge in [-0.3, -0.25) is 4.79 Å². The second kappa shape index (κ2) is 6.57. The van der Waals surface area contributed by atoms with E-state index in [0.717, 1.165) is 0 Å². The summed E-state index contributed by atoms with van der Waals surface area (Å²) in [5.41, 5.74) is -0.539. The van der Waals surface area contributed by atoms with Gasteiger partial charge in [-0.25, -0.2) is 9.18 Å². The summed E-state index contributed by atoms with van der Waals surface area (Å²) < 4.78 is 16.4. The summed E-state index contributed by atoms with van der Waals surface area (Å²) in [4.78, 5) is 23.4. The quantitative estimate of drug-likeness (QED) is 0.811. The lowest BCUT2D eigenvalue weighted by Crippen LogP contribution is -2.48. The van der Waals surface area contributed by atoms with E-state index < -0.39 is 24.2 Å². The Labute approximate surface area is 102 Å². The first kappa shape index (κ1) is 15.9.